The zero-order valence-electron chi connectivity index (χ0n) is 11.6. The van der Waals surface area contributed by atoms with E-state index < -0.39 is 0 Å². The van der Waals surface area contributed by atoms with Gasteiger partial charge in [-0.2, -0.15) is 0 Å². The number of hydrogen-bond acceptors (Lipinski definition) is 1. The number of hydrogen-bond donors (Lipinski definition) is 1. The van der Waals surface area contributed by atoms with Gasteiger partial charge < -0.3 is 5.32 Å². The zero-order valence-corrected chi connectivity index (χ0v) is 13.2. The topological polar surface area (TPSA) is 12.0 Å². The van der Waals surface area contributed by atoms with E-state index in [4.69, 9.17) is 0 Å². The zero-order chi connectivity index (χ0) is 14.4. The fourth-order valence-corrected chi connectivity index (χ4v) is 2.60. The van der Waals surface area contributed by atoms with Gasteiger partial charge in [-0.15, -0.1) is 0 Å². The molecule has 3 heteroatoms. The molecule has 2 rings (SSSR count). The van der Waals surface area contributed by atoms with Crippen molar-refractivity contribution < 1.29 is 4.39 Å². The Morgan fingerprint density at radius 2 is 1.80 bits per heavy atom. The van der Waals surface area contributed by atoms with E-state index in [0.717, 1.165) is 22.1 Å². The van der Waals surface area contributed by atoms with Crippen molar-refractivity contribution in [1.29, 1.82) is 0 Å². The van der Waals surface area contributed by atoms with Gasteiger partial charge in [-0.25, -0.2) is 4.39 Å². The van der Waals surface area contributed by atoms with Crippen molar-refractivity contribution in [3.63, 3.8) is 0 Å². The van der Waals surface area contributed by atoms with E-state index in [1.54, 1.807) is 6.07 Å². The average molecular weight is 336 g/mol. The number of unbranched alkanes of at least 4 members (excludes halogenated alkanes) is 1. The molecular formula is C17H19BrFN. The van der Waals surface area contributed by atoms with Crippen LogP contribution in [0.25, 0.3) is 0 Å². The predicted molar refractivity (Wildman–Crippen MR) is 86.5 cm³/mol. The highest BCUT2D eigenvalue weighted by Crippen LogP contribution is 2.17. The lowest BCUT2D eigenvalue weighted by Crippen LogP contribution is -2.00. The first-order valence-electron chi connectivity index (χ1n) is 6.95. The van der Waals surface area contributed by atoms with E-state index in [1.807, 2.05) is 6.07 Å². The SMILES string of the molecule is CCCCc1ccc(NCc2cc(F)cc(Br)c2)cc1. The van der Waals surface area contributed by atoms with Gasteiger partial charge in [0.15, 0.2) is 0 Å². The summed E-state index contributed by atoms with van der Waals surface area (Å²) < 4.78 is 14.0. The number of anilines is 1. The Kier molecular flexibility index (Phi) is 5.60. The van der Waals surface area contributed by atoms with Crippen LogP contribution in [-0.2, 0) is 13.0 Å². The standard InChI is InChI=1S/C17H19BrFN/c1-2-3-4-13-5-7-17(8-6-13)20-12-14-9-15(18)11-16(19)10-14/h5-11,20H,2-4,12H2,1H3. The van der Waals surface area contributed by atoms with Gasteiger partial charge in [-0.1, -0.05) is 41.4 Å². The molecule has 20 heavy (non-hydrogen) atoms. The Balaban J connectivity index is 1.93. The fourth-order valence-electron chi connectivity index (χ4n) is 2.09. The van der Waals surface area contributed by atoms with Gasteiger partial charge in [0.05, 0.1) is 0 Å². The van der Waals surface area contributed by atoms with Gasteiger partial charge in [0.25, 0.3) is 0 Å². The lowest BCUT2D eigenvalue weighted by molar-refractivity contribution is 0.625. The molecule has 0 aromatic heterocycles. The lowest BCUT2D eigenvalue weighted by atomic mass is 10.1. The van der Waals surface area contributed by atoms with E-state index in [1.165, 1.54) is 24.5 Å². The summed E-state index contributed by atoms with van der Waals surface area (Å²) in [6.07, 6.45) is 3.58. The summed E-state index contributed by atoms with van der Waals surface area (Å²) in [5.74, 6) is -0.217. The number of benzene rings is 2. The number of nitrogens with one attached hydrogen (secondary N) is 1. The summed E-state index contributed by atoms with van der Waals surface area (Å²) in [6, 6.07) is 13.4. The molecule has 0 aliphatic carbocycles. The van der Waals surface area contributed by atoms with Crippen LogP contribution in [0.5, 0.6) is 0 Å². The van der Waals surface area contributed by atoms with Crippen molar-refractivity contribution in [2.75, 3.05) is 5.32 Å². The quantitative estimate of drug-likeness (QED) is 0.730. The Bertz CT molecular complexity index is 531. The molecule has 0 unspecified atom stereocenters. The third kappa shape index (κ3) is 4.64. The smallest absolute Gasteiger partial charge is 0.124 e. The number of aryl methyl sites for hydroxylation is 1. The normalized spacial score (nSPS) is 10.6. The first kappa shape index (κ1) is 15.0. The average Bonchev–Trinajstić information content (AvgIpc) is 2.43. The first-order chi connectivity index (χ1) is 9.67. The maximum atomic E-state index is 13.3. The van der Waals surface area contributed by atoms with Gasteiger partial charge in [0.2, 0.25) is 0 Å². The molecule has 0 amide bonds. The molecule has 0 spiro atoms. The van der Waals surface area contributed by atoms with E-state index >= 15 is 0 Å². The van der Waals surface area contributed by atoms with E-state index in [2.05, 4.69) is 52.4 Å². The van der Waals surface area contributed by atoms with Crippen LogP contribution in [0.4, 0.5) is 10.1 Å². The van der Waals surface area contributed by atoms with Crippen molar-refractivity contribution >= 4 is 21.6 Å². The second kappa shape index (κ2) is 7.44. The molecule has 0 fully saturated rings. The highest BCUT2D eigenvalue weighted by Gasteiger charge is 2.00. The van der Waals surface area contributed by atoms with Crippen LogP contribution in [0.15, 0.2) is 46.9 Å². The van der Waals surface area contributed by atoms with E-state index in [-0.39, 0.29) is 5.82 Å². The molecule has 0 saturated carbocycles. The summed E-state index contributed by atoms with van der Waals surface area (Å²) in [7, 11) is 0. The predicted octanol–water partition coefficient (Wildman–Crippen LogP) is 5.54. The molecular weight excluding hydrogens is 317 g/mol. The fraction of sp³-hybridized carbons (Fsp3) is 0.294. The largest absolute Gasteiger partial charge is 0.381 e. The molecule has 0 radical (unpaired) electrons. The van der Waals surface area contributed by atoms with E-state index in [0.29, 0.717) is 6.54 Å². The van der Waals surface area contributed by atoms with Crippen LogP contribution in [0.2, 0.25) is 0 Å². The number of halogens is 2. The molecule has 0 heterocycles. The highest BCUT2D eigenvalue weighted by atomic mass is 79.9. The van der Waals surface area contributed by atoms with Crippen molar-refractivity contribution in [3.05, 3.63) is 63.9 Å². The van der Waals surface area contributed by atoms with Gasteiger partial charge in [-0.3, -0.25) is 0 Å². The second-order valence-electron chi connectivity index (χ2n) is 4.93. The molecule has 2 aromatic rings. The molecule has 1 N–H and O–H groups in total. The van der Waals surface area contributed by atoms with Crippen molar-refractivity contribution in [1.82, 2.24) is 0 Å². The molecule has 2 aromatic carbocycles. The molecule has 0 aliphatic rings. The minimum Gasteiger partial charge on any atom is -0.381 e. The maximum Gasteiger partial charge on any atom is 0.124 e. The van der Waals surface area contributed by atoms with Gasteiger partial charge in [0.1, 0.15) is 5.82 Å². The van der Waals surface area contributed by atoms with Gasteiger partial charge in [-0.05, 0) is 54.3 Å². The highest BCUT2D eigenvalue weighted by molar-refractivity contribution is 9.10. The third-order valence-electron chi connectivity index (χ3n) is 3.19. The Morgan fingerprint density at radius 3 is 2.45 bits per heavy atom. The van der Waals surface area contributed by atoms with Gasteiger partial charge >= 0.3 is 0 Å². The maximum absolute atomic E-state index is 13.3. The van der Waals surface area contributed by atoms with Crippen LogP contribution < -0.4 is 5.32 Å². The van der Waals surface area contributed by atoms with Crippen LogP contribution in [0.1, 0.15) is 30.9 Å². The van der Waals surface area contributed by atoms with Crippen LogP contribution >= 0.6 is 15.9 Å². The summed E-state index contributed by atoms with van der Waals surface area (Å²) >= 11 is 3.30. The summed E-state index contributed by atoms with van der Waals surface area (Å²) in [5.41, 5.74) is 3.35. The number of rotatable bonds is 6. The minimum atomic E-state index is -0.217. The van der Waals surface area contributed by atoms with Crippen molar-refractivity contribution in [2.45, 2.75) is 32.7 Å². The first-order valence-corrected chi connectivity index (χ1v) is 7.74. The van der Waals surface area contributed by atoms with Crippen LogP contribution in [-0.4, -0.2) is 0 Å². The molecule has 0 saturated heterocycles. The Morgan fingerprint density at radius 1 is 1.05 bits per heavy atom. The van der Waals surface area contributed by atoms with Gasteiger partial charge in [0, 0.05) is 16.7 Å². The minimum absolute atomic E-state index is 0.217. The lowest BCUT2D eigenvalue weighted by Gasteiger charge is -2.08. The summed E-state index contributed by atoms with van der Waals surface area (Å²) in [5, 5.41) is 3.31. The second-order valence-corrected chi connectivity index (χ2v) is 5.85. The Labute approximate surface area is 128 Å². The molecule has 1 nitrogen and oxygen atoms in total. The Hall–Kier alpha value is -1.35. The molecule has 0 bridgehead atoms. The molecule has 106 valence electrons. The summed E-state index contributed by atoms with van der Waals surface area (Å²) in [4.78, 5) is 0. The summed E-state index contributed by atoms with van der Waals surface area (Å²) in [6.45, 7) is 2.82. The van der Waals surface area contributed by atoms with Crippen LogP contribution in [0.3, 0.4) is 0 Å². The monoisotopic (exact) mass is 335 g/mol. The third-order valence-corrected chi connectivity index (χ3v) is 3.65. The van der Waals surface area contributed by atoms with E-state index in [9.17, 15) is 4.39 Å². The molecule has 0 atom stereocenters. The van der Waals surface area contributed by atoms with Crippen LogP contribution in [0, 0.1) is 5.82 Å². The van der Waals surface area contributed by atoms with Crippen molar-refractivity contribution in [3.8, 4) is 0 Å². The van der Waals surface area contributed by atoms with Crippen molar-refractivity contribution in [2.24, 2.45) is 0 Å². The molecule has 0 aliphatic heterocycles.